The summed E-state index contributed by atoms with van der Waals surface area (Å²) in [4.78, 5) is 0.0580. The molecule has 0 aliphatic rings. The van der Waals surface area contributed by atoms with E-state index in [0.717, 1.165) is 10.0 Å². The fraction of sp³-hybridized carbons (Fsp3) is 0.250. The number of aryl methyl sites for hydroxylation is 1. The van der Waals surface area contributed by atoms with E-state index in [9.17, 15) is 8.42 Å². The number of benzene rings is 1. The molecule has 2 N–H and O–H groups in total. The van der Waals surface area contributed by atoms with Crippen molar-refractivity contribution in [1.82, 2.24) is 9.78 Å². The van der Waals surface area contributed by atoms with Gasteiger partial charge in [0.05, 0.1) is 19.3 Å². The number of rotatable bonds is 5. The SMILES string of the molecule is Cc1ccc(NS(=O)(=O)c2cnn(CCO)c2)cc1Br. The number of aliphatic hydroxyl groups excluding tert-OH is 1. The Labute approximate surface area is 125 Å². The zero-order valence-electron chi connectivity index (χ0n) is 10.7. The lowest BCUT2D eigenvalue weighted by atomic mass is 10.2. The fourth-order valence-corrected chi connectivity index (χ4v) is 2.96. The highest BCUT2D eigenvalue weighted by atomic mass is 79.9. The van der Waals surface area contributed by atoms with Crippen LogP contribution in [-0.4, -0.2) is 29.9 Å². The molecule has 0 amide bonds. The van der Waals surface area contributed by atoms with Gasteiger partial charge in [0.1, 0.15) is 4.90 Å². The van der Waals surface area contributed by atoms with E-state index in [1.165, 1.54) is 17.1 Å². The Morgan fingerprint density at radius 1 is 1.45 bits per heavy atom. The first kappa shape index (κ1) is 15.0. The number of nitrogens with one attached hydrogen (secondary N) is 1. The number of halogens is 1. The lowest BCUT2D eigenvalue weighted by Gasteiger charge is -2.07. The van der Waals surface area contributed by atoms with Gasteiger partial charge in [-0.3, -0.25) is 9.40 Å². The minimum absolute atomic E-state index is 0.0580. The maximum Gasteiger partial charge on any atom is 0.265 e. The molecule has 0 fully saturated rings. The smallest absolute Gasteiger partial charge is 0.265 e. The molecule has 0 bridgehead atoms. The van der Waals surface area contributed by atoms with Gasteiger partial charge in [0.2, 0.25) is 0 Å². The fourth-order valence-electron chi connectivity index (χ4n) is 1.58. The summed E-state index contributed by atoms with van der Waals surface area (Å²) in [5.74, 6) is 0. The summed E-state index contributed by atoms with van der Waals surface area (Å²) in [5, 5.41) is 12.7. The van der Waals surface area contributed by atoms with Crippen LogP contribution >= 0.6 is 15.9 Å². The third-order valence-corrected chi connectivity index (χ3v) is 4.86. The molecule has 0 saturated heterocycles. The highest BCUT2D eigenvalue weighted by molar-refractivity contribution is 9.10. The van der Waals surface area contributed by atoms with Crippen LogP contribution in [0.1, 0.15) is 5.56 Å². The molecule has 6 nitrogen and oxygen atoms in total. The molecule has 0 spiro atoms. The van der Waals surface area contributed by atoms with E-state index < -0.39 is 10.0 Å². The molecule has 0 atom stereocenters. The summed E-state index contributed by atoms with van der Waals surface area (Å²) in [7, 11) is -3.68. The standard InChI is InChI=1S/C12H14BrN3O3S/c1-9-2-3-10(6-12(9)13)15-20(18,19)11-7-14-16(8-11)4-5-17/h2-3,6-8,15,17H,4-5H2,1H3. The van der Waals surface area contributed by atoms with Crippen molar-refractivity contribution in [2.75, 3.05) is 11.3 Å². The highest BCUT2D eigenvalue weighted by Gasteiger charge is 2.16. The van der Waals surface area contributed by atoms with E-state index >= 15 is 0 Å². The number of hydrogen-bond donors (Lipinski definition) is 2. The Morgan fingerprint density at radius 3 is 2.85 bits per heavy atom. The molecule has 0 unspecified atom stereocenters. The van der Waals surface area contributed by atoms with Gasteiger partial charge in [0.15, 0.2) is 0 Å². The van der Waals surface area contributed by atoms with Crippen molar-refractivity contribution in [2.24, 2.45) is 0 Å². The summed E-state index contributed by atoms with van der Waals surface area (Å²) in [6, 6.07) is 5.21. The van der Waals surface area contributed by atoms with Crippen LogP contribution in [0.25, 0.3) is 0 Å². The minimum atomic E-state index is -3.68. The zero-order chi connectivity index (χ0) is 14.8. The van der Waals surface area contributed by atoms with E-state index in [1.54, 1.807) is 12.1 Å². The van der Waals surface area contributed by atoms with Crippen LogP contribution in [0, 0.1) is 6.92 Å². The van der Waals surface area contributed by atoms with Crippen LogP contribution < -0.4 is 4.72 Å². The maximum atomic E-state index is 12.2. The van der Waals surface area contributed by atoms with Gasteiger partial charge in [-0.2, -0.15) is 5.10 Å². The molecule has 1 heterocycles. The first-order valence-electron chi connectivity index (χ1n) is 5.84. The van der Waals surface area contributed by atoms with E-state index in [0.29, 0.717) is 5.69 Å². The van der Waals surface area contributed by atoms with E-state index in [1.807, 2.05) is 13.0 Å². The number of anilines is 1. The average molecular weight is 360 g/mol. The van der Waals surface area contributed by atoms with Crippen molar-refractivity contribution in [3.63, 3.8) is 0 Å². The molecule has 20 heavy (non-hydrogen) atoms. The molecule has 0 aliphatic carbocycles. The van der Waals surface area contributed by atoms with Gasteiger partial charge >= 0.3 is 0 Å². The van der Waals surface area contributed by atoms with Gasteiger partial charge < -0.3 is 5.11 Å². The second-order valence-electron chi connectivity index (χ2n) is 4.23. The number of aliphatic hydroxyl groups is 1. The van der Waals surface area contributed by atoms with Gasteiger partial charge in [-0.15, -0.1) is 0 Å². The average Bonchev–Trinajstić information content (AvgIpc) is 2.83. The van der Waals surface area contributed by atoms with Crippen LogP contribution in [0.4, 0.5) is 5.69 Å². The normalized spacial score (nSPS) is 11.6. The monoisotopic (exact) mass is 359 g/mol. The van der Waals surface area contributed by atoms with Crippen LogP contribution in [0.5, 0.6) is 0 Å². The molecule has 0 aliphatic heterocycles. The lowest BCUT2D eigenvalue weighted by molar-refractivity contribution is 0.269. The Kier molecular flexibility index (Phi) is 4.46. The molecule has 1 aromatic carbocycles. The van der Waals surface area contributed by atoms with Crippen molar-refractivity contribution in [3.8, 4) is 0 Å². The predicted octanol–water partition coefficient (Wildman–Crippen LogP) is 1.75. The largest absolute Gasteiger partial charge is 0.394 e. The van der Waals surface area contributed by atoms with Gasteiger partial charge in [0, 0.05) is 16.4 Å². The molecule has 8 heteroatoms. The minimum Gasteiger partial charge on any atom is -0.394 e. The van der Waals surface area contributed by atoms with E-state index in [-0.39, 0.29) is 18.0 Å². The molecule has 1 aromatic heterocycles. The molecule has 0 radical (unpaired) electrons. The topological polar surface area (TPSA) is 84.2 Å². The van der Waals surface area contributed by atoms with Crippen molar-refractivity contribution in [1.29, 1.82) is 0 Å². The van der Waals surface area contributed by atoms with Gasteiger partial charge in [0.25, 0.3) is 10.0 Å². The first-order valence-corrected chi connectivity index (χ1v) is 8.12. The summed E-state index contributed by atoms with van der Waals surface area (Å²) >= 11 is 3.36. The summed E-state index contributed by atoms with van der Waals surface area (Å²) in [6.45, 7) is 2.08. The van der Waals surface area contributed by atoms with Crippen molar-refractivity contribution >= 4 is 31.6 Å². The Hall–Kier alpha value is -1.38. The molecular weight excluding hydrogens is 346 g/mol. The van der Waals surface area contributed by atoms with Crippen molar-refractivity contribution in [3.05, 3.63) is 40.6 Å². The van der Waals surface area contributed by atoms with Gasteiger partial charge in [-0.25, -0.2) is 8.42 Å². The molecule has 2 aromatic rings. The molecular formula is C12H14BrN3O3S. The third-order valence-electron chi connectivity index (χ3n) is 2.67. The number of aromatic nitrogens is 2. The molecule has 0 saturated carbocycles. The number of hydrogen-bond acceptors (Lipinski definition) is 4. The predicted molar refractivity (Wildman–Crippen MR) is 79.0 cm³/mol. The van der Waals surface area contributed by atoms with Crippen LogP contribution in [0.3, 0.4) is 0 Å². The number of nitrogens with zero attached hydrogens (tertiary/aromatic N) is 2. The Bertz CT molecular complexity index is 712. The summed E-state index contributed by atoms with van der Waals surface area (Å²) in [6.07, 6.45) is 2.63. The Balaban J connectivity index is 2.23. The van der Waals surface area contributed by atoms with Crippen LogP contribution in [0.2, 0.25) is 0 Å². The van der Waals surface area contributed by atoms with Gasteiger partial charge in [-0.05, 0) is 24.6 Å². The van der Waals surface area contributed by atoms with Crippen LogP contribution in [0.15, 0.2) is 40.0 Å². The van der Waals surface area contributed by atoms with E-state index in [2.05, 4.69) is 25.8 Å². The Morgan fingerprint density at radius 2 is 2.20 bits per heavy atom. The van der Waals surface area contributed by atoms with Crippen molar-refractivity contribution < 1.29 is 13.5 Å². The highest BCUT2D eigenvalue weighted by Crippen LogP contribution is 2.22. The second-order valence-corrected chi connectivity index (χ2v) is 6.77. The first-order chi connectivity index (χ1) is 9.42. The van der Waals surface area contributed by atoms with Crippen LogP contribution in [-0.2, 0) is 16.6 Å². The summed E-state index contributed by atoms with van der Waals surface area (Å²) in [5.41, 5.74) is 1.49. The maximum absolute atomic E-state index is 12.2. The number of sulfonamides is 1. The molecule has 2 rings (SSSR count). The zero-order valence-corrected chi connectivity index (χ0v) is 13.1. The van der Waals surface area contributed by atoms with E-state index in [4.69, 9.17) is 5.11 Å². The molecule has 108 valence electrons. The second kappa shape index (κ2) is 5.94. The quantitative estimate of drug-likeness (QED) is 0.851. The van der Waals surface area contributed by atoms with Crippen molar-refractivity contribution in [2.45, 2.75) is 18.4 Å². The van der Waals surface area contributed by atoms with Gasteiger partial charge in [-0.1, -0.05) is 22.0 Å². The lowest BCUT2D eigenvalue weighted by Crippen LogP contribution is -2.12. The third kappa shape index (κ3) is 3.38. The summed E-state index contributed by atoms with van der Waals surface area (Å²) < 4.78 is 29.0.